The number of rotatable bonds is 13. The van der Waals surface area contributed by atoms with E-state index in [0.29, 0.717) is 31.8 Å². The van der Waals surface area contributed by atoms with Crippen molar-refractivity contribution >= 4 is 17.6 Å². The highest BCUT2D eigenvalue weighted by atomic mass is 16.5. The van der Waals surface area contributed by atoms with Crippen LogP contribution in [0.3, 0.4) is 0 Å². The predicted molar refractivity (Wildman–Crippen MR) is 137 cm³/mol. The van der Waals surface area contributed by atoms with Crippen LogP contribution in [-0.4, -0.2) is 53.3 Å². The smallest absolute Gasteiger partial charge is 0.245 e. The maximum absolute atomic E-state index is 13.1. The standard InChI is InChI=1S/C27H42N4O3/c1-7-8-9-10-12-26(33)30(17-11-18-34-6)20-25(32)28-24-19-23(27(3,4)5)29-31(24)22-15-13-21(2)14-16-22/h13-16,19H,7-12,17-18,20H2,1-6H3,(H,28,32). The lowest BCUT2D eigenvalue weighted by Crippen LogP contribution is -2.39. The zero-order valence-corrected chi connectivity index (χ0v) is 21.8. The van der Waals surface area contributed by atoms with Crippen molar-refractivity contribution in [2.24, 2.45) is 0 Å². The molecule has 188 valence electrons. The summed E-state index contributed by atoms with van der Waals surface area (Å²) in [6.07, 6.45) is 5.29. The van der Waals surface area contributed by atoms with Gasteiger partial charge in [0.2, 0.25) is 11.8 Å². The van der Waals surface area contributed by atoms with Crippen LogP contribution in [0.2, 0.25) is 0 Å². The van der Waals surface area contributed by atoms with E-state index in [1.807, 2.05) is 37.3 Å². The number of aryl methyl sites for hydroxylation is 1. The number of nitrogens with one attached hydrogen (secondary N) is 1. The average molecular weight is 471 g/mol. The first-order chi connectivity index (χ1) is 16.2. The Morgan fingerprint density at radius 2 is 1.79 bits per heavy atom. The van der Waals surface area contributed by atoms with Crippen LogP contribution < -0.4 is 5.32 Å². The normalized spacial score (nSPS) is 11.5. The van der Waals surface area contributed by atoms with Crippen molar-refractivity contribution in [3.8, 4) is 5.69 Å². The minimum atomic E-state index is -0.229. The number of carbonyl (C=O) groups is 2. The van der Waals surface area contributed by atoms with Crippen molar-refractivity contribution in [1.82, 2.24) is 14.7 Å². The third kappa shape index (κ3) is 8.60. The number of aromatic nitrogens is 2. The molecule has 7 heteroatoms. The highest BCUT2D eigenvalue weighted by molar-refractivity contribution is 5.94. The molecule has 1 N–H and O–H groups in total. The first-order valence-electron chi connectivity index (χ1n) is 12.4. The van der Waals surface area contributed by atoms with E-state index in [0.717, 1.165) is 42.6 Å². The highest BCUT2D eigenvalue weighted by Gasteiger charge is 2.23. The molecule has 0 saturated heterocycles. The average Bonchev–Trinajstić information content (AvgIpc) is 3.20. The Bertz CT molecular complexity index is 913. The molecule has 7 nitrogen and oxygen atoms in total. The van der Waals surface area contributed by atoms with Gasteiger partial charge in [-0.15, -0.1) is 0 Å². The number of unbranched alkanes of at least 4 members (excludes halogenated alkanes) is 3. The van der Waals surface area contributed by atoms with Gasteiger partial charge in [0.15, 0.2) is 0 Å². The van der Waals surface area contributed by atoms with Gasteiger partial charge in [0.25, 0.3) is 0 Å². The van der Waals surface area contributed by atoms with Gasteiger partial charge in [0.05, 0.1) is 17.9 Å². The van der Waals surface area contributed by atoms with Crippen molar-refractivity contribution < 1.29 is 14.3 Å². The number of carbonyl (C=O) groups excluding carboxylic acids is 2. The topological polar surface area (TPSA) is 76.5 Å². The van der Waals surface area contributed by atoms with Crippen molar-refractivity contribution in [2.75, 3.05) is 32.1 Å². The second-order valence-corrected chi connectivity index (χ2v) is 9.93. The van der Waals surface area contributed by atoms with Crippen molar-refractivity contribution in [3.05, 3.63) is 41.6 Å². The van der Waals surface area contributed by atoms with Gasteiger partial charge in [-0.2, -0.15) is 5.10 Å². The SMILES string of the molecule is CCCCCCC(=O)N(CCCOC)CC(=O)Nc1cc(C(C)(C)C)nn1-c1ccc(C)cc1. The van der Waals surface area contributed by atoms with Gasteiger partial charge in [-0.25, -0.2) is 4.68 Å². The quantitative estimate of drug-likeness (QED) is 0.406. The fourth-order valence-corrected chi connectivity index (χ4v) is 3.63. The Morgan fingerprint density at radius 3 is 2.41 bits per heavy atom. The second-order valence-electron chi connectivity index (χ2n) is 9.93. The summed E-state index contributed by atoms with van der Waals surface area (Å²) in [4.78, 5) is 27.5. The van der Waals surface area contributed by atoms with Crippen LogP contribution in [0.4, 0.5) is 5.82 Å². The van der Waals surface area contributed by atoms with Gasteiger partial charge in [0, 0.05) is 38.2 Å². The van der Waals surface area contributed by atoms with Crippen LogP contribution in [0, 0.1) is 6.92 Å². The maximum Gasteiger partial charge on any atom is 0.245 e. The van der Waals surface area contributed by atoms with Gasteiger partial charge < -0.3 is 15.0 Å². The molecule has 2 aromatic rings. The maximum atomic E-state index is 13.1. The van der Waals surface area contributed by atoms with Crippen LogP contribution in [-0.2, 0) is 19.7 Å². The molecule has 0 saturated carbocycles. The summed E-state index contributed by atoms with van der Waals surface area (Å²) in [5.74, 6) is 0.392. The third-order valence-corrected chi connectivity index (χ3v) is 5.73. The number of nitrogens with zero attached hydrogens (tertiary/aromatic N) is 3. The first kappa shape index (κ1) is 27.6. The Labute approximate surface area is 204 Å². The minimum Gasteiger partial charge on any atom is -0.385 e. The van der Waals surface area contributed by atoms with Gasteiger partial charge in [-0.1, -0.05) is 64.7 Å². The summed E-state index contributed by atoms with van der Waals surface area (Å²) < 4.78 is 6.91. The van der Waals surface area contributed by atoms with Gasteiger partial charge >= 0.3 is 0 Å². The number of methoxy groups -OCH3 is 1. The van der Waals surface area contributed by atoms with Gasteiger partial charge in [-0.05, 0) is 31.9 Å². The molecule has 1 heterocycles. The molecule has 0 bridgehead atoms. The zero-order chi connectivity index (χ0) is 25.1. The van der Waals surface area contributed by atoms with E-state index in [-0.39, 0.29) is 23.8 Å². The lowest BCUT2D eigenvalue weighted by Gasteiger charge is -2.22. The molecule has 0 radical (unpaired) electrons. The highest BCUT2D eigenvalue weighted by Crippen LogP contribution is 2.26. The summed E-state index contributed by atoms with van der Waals surface area (Å²) in [6.45, 7) is 11.5. The minimum absolute atomic E-state index is 0.0141. The van der Waals surface area contributed by atoms with E-state index in [4.69, 9.17) is 9.84 Å². The summed E-state index contributed by atoms with van der Waals surface area (Å²) in [5.41, 5.74) is 2.74. The monoisotopic (exact) mass is 470 g/mol. The molecular weight excluding hydrogens is 428 g/mol. The van der Waals surface area contributed by atoms with E-state index >= 15 is 0 Å². The largest absolute Gasteiger partial charge is 0.385 e. The van der Waals surface area contributed by atoms with Crippen LogP contribution in [0.15, 0.2) is 30.3 Å². The molecule has 0 aliphatic rings. The Hall–Kier alpha value is -2.67. The molecule has 0 aliphatic heterocycles. The molecule has 0 atom stereocenters. The van der Waals surface area contributed by atoms with E-state index in [9.17, 15) is 9.59 Å². The molecule has 2 rings (SSSR count). The number of benzene rings is 1. The van der Waals surface area contributed by atoms with E-state index in [1.165, 1.54) is 0 Å². The van der Waals surface area contributed by atoms with Crippen LogP contribution in [0.1, 0.15) is 77.5 Å². The summed E-state index contributed by atoms with van der Waals surface area (Å²) >= 11 is 0. The first-order valence-corrected chi connectivity index (χ1v) is 12.4. The molecular formula is C27H42N4O3. The Morgan fingerprint density at radius 1 is 1.09 bits per heavy atom. The number of hydrogen-bond acceptors (Lipinski definition) is 4. The number of ether oxygens (including phenoxy) is 1. The zero-order valence-electron chi connectivity index (χ0n) is 21.8. The van der Waals surface area contributed by atoms with Crippen LogP contribution in [0.5, 0.6) is 0 Å². The molecule has 34 heavy (non-hydrogen) atoms. The van der Waals surface area contributed by atoms with Gasteiger partial charge in [0.1, 0.15) is 5.82 Å². The molecule has 0 aliphatic carbocycles. The lowest BCUT2D eigenvalue weighted by atomic mass is 9.92. The molecule has 2 amide bonds. The van der Waals surface area contributed by atoms with Crippen molar-refractivity contribution in [2.45, 2.75) is 78.6 Å². The fraction of sp³-hybridized carbons (Fsp3) is 0.593. The van der Waals surface area contributed by atoms with Crippen LogP contribution >= 0.6 is 0 Å². The van der Waals surface area contributed by atoms with Crippen LogP contribution in [0.25, 0.3) is 5.69 Å². The van der Waals surface area contributed by atoms with Crippen molar-refractivity contribution in [3.63, 3.8) is 0 Å². The fourth-order valence-electron chi connectivity index (χ4n) is 3.63. The Kier molecular flexibility index (Phi) is 10.8. The van der Waals surface area contributed by atoms with E-state index < -0.39 is 0 Å². The molecule has 0 spiro atoms. The third-order valence-electron chi connectivity index (χ3n) is 5.73. The lowest BCUT2D eigenvalue weighted by molar-refractivity contribution is -0.135. The van der Waals surface area contributed by atoms with E-state index in [1.54, 1.807) is 16.7 Å². The molecule has 0 fully saturated rings. The van der Waals surface area contributed by atoms with Crippen molar-refractivity contribution in [1.29, 1.82) is 0 Å². The number of anilines is 1. The molecule has 0 unspecified atom stereocenters. The van der Waals surface area contributed by atoms with Gasteiger partial charge in [-0.3, -0.25) is 9.59 Å². The summed E-state index contributed by atoms with van der Waals surface area (Å²) in [6, 6.07) is 9.93. The number of amides is 2. The molecule has 1 aromatic carbocycles. The Balaban J connectivity index is 2.17. The summed E-state index contributed by atoms with van der Waals surface area (Å²) in [5, 5.41) is 7.78. The number of hydrogen-bond donors (Lipinski definition) is 1. The second kappa shape index (κ2) is 13.3. The molecule has 1 aromatic heterocycles. The summed E-state index contributed by atoms with van der Waals surface area (Å²) in [7, 11) is 1.64. The van der Waals surface area contributed by atoms with E-state index in [2.05, 4.69) is 33.0 Å². The predicted octanol–water partition coefficient (Wildman–Crippen LogP) is 5.25.